The number of carbonyl (C=O) groups excluding carboxylic acids is 1. The maximum atomic E-state index is 13.2. The lowest BCUT2D eigenvalue weighted by atomic mass is 10.1. The number of rotatable bonds is 5. The first-order valence-electron chi connectivity index (χ1n) is 8.72. The summed E-state index contributed by atoms with van der Waals surface area (Å²) in [5.41, 5.74) is 3.01. The number of amides is 1. The summed E-state index contributed by atoms with van der Waals surface area (Å²) < 4.78 is 24.4. The Kier molecular flexibility index (Phi) is 4.75. The molecule has 0 unspecified atom stereocenters. The van der Waals surface area contributed by atoms with Crippen LogP contribution in [0.3, 0.4) is 0 Å². The fourth-order valence-electron chi connectivity index (χ4n) is 2.99. The van der Waals surface area contributed by atoms with Gasteiger partial charge in [0.1, 0.15) is 23.9 Å². The summed E-state index contributed by atoms with van der Waals surface area (Å²) in [5.74, 6) is 0.961. The number of ether oxygens (including phenoxy) is 2. The van der Waals surface area contributed by atoms with Crippen molar-refractivity contribution >= 4 is 11.6 Å². The number of fused-ring (bicyclic) bond motifs is 1. The molecule has 0 bridgehead atoms. The van der Waals surface area contributed by atoms with Crippen molar-refractivity contribution in [3.8, 4) is 11.5 Å². The lowest BCUT2D eigenvalue weighted by molar-refractivity contribution is 0.102. The molecule has 0 aliphatic carbocycles. The van der Waals surface area contributed by atoms with Crippen LogP contribution in [0.25, 0.3) is 0 Å². The first kappa shape index (κ1) is 17.1. The van der Waals surface area contributed by atoms with Crippen LogP contribution in [0.1, 0.15) is 21.5 Å². The van der Waals surface area contributed by atoms with Crippen molar-refractivity contribution in [3.63, 3.8) is 0 Å². The molecule has 3 aromatic rings. The second-order valence-electron chi connectivity index (χ2n) is 6.32. The monoisotopic (exact) mass is 363 g/mol. The number of halogens is 1. The zero-order valence-corrected chi connectivity index (χ0v) is 14.6. The van der Waals surface area contributed by atoms with Gasteiger partial charge in [-0.25, -0.2) is 4.39 Å². The molecule has 1 amide bonds. The molecule has 1 N–H and O–H groups in total. The number of nitrogens with one attached hydrogen (secondary N) is 1. The molecule has 0 atom stereocenters. The normalized spacial score (nSPS) is 12.2. The van der Waals surface area contributed by atoms with Gasteiger partial charge in [0.25, 0.3) is 5.91 Å². The van der Waals surface area contributed by atoms with Crippen molar-refractivity contribution in [2.75, 3.05) is 11.9 Å². The van der Waals surface area contributed by atoms with Crippen LogP contribution < -0.4 is 14.8 Å². The molecule has 1 aliphatic heterocycles. The van der Waals surface area contributed by atoms with Gasteiger partial charge in [0.2, 0.25) is 0 Å². The molecule has 4 rings (SSSR count). The van der Waals surface area contributed by atoms with E-state index in [-0.39, 0.29) is 18.3 Å². The minimum Gasteiger partial charge on any atom is -0.493 e. The Labute approximate surface area is 156 Å². The van der Waals surface area contributed by atoms with Gasteiger partial charge in [-0.2, -0.15) is 0 Å². The van der Waals surface area contributed by atoms with Crippen LogP contribution in [0.2, 0.25) is 0 Å². The molecule has 136 valence electrons. The highest BCUT2D eigenvalue weighted by molar-refractivity contribution is 6.04. The van der Waals surface area contributed by atoms with Crippen LogP contribution in [0, 0.1) is 5.82 Å². The Morgan fingerprint density at radius 2 is 1.96 bits per heavy atom. The second-order valence-corrected chi connectivity index (χ2v) is 6.32. The van der Waals surface area contributed by atoms with Gasteiger partial charge in [-0.1, -0.05) is 18.2 Å². The number of hydrogen-bond donors (Lipinski definition) is 1. The van der Waals surface area contributed by atoms with E-state index in [9.17, 15) is 9.18 Å². The van der Waals surface area contributed by atoms with Gasteiger partial charge in [0, 0.05) is 23.7 Å². The minimum atomic E-state index is -0.295. The van der Waals surface area contributed by atoms with E-state index < -0.39 is 0 Å². The third-order valence-electron chi connectivity index (χ3n) is 4.34. The Morgan fingerprint density at radius 3 is 2.85 bits per heavy atom. The highest BCUT2D eigenvalue weighted by Gasteiger charge is 2.15. The molecular weight excluding hydrogens is 345 g/mol. The second kappa shape index (κ2) is 7.50. The van der Waals surface area contributed by atoms with E-state index in [0.717, 1.165) is 23.3 Å². The van der Waals surface area contributed by atoms with Crippen molar-refractivity contribution in [1.29, 1.82) is 0 Å². The van der Waals surface area contributed by atoms with E-state index in [1.165, 1.54) is 12.1 Å². The van der Waals surface area contributed by atoms with Gasteiger partial charge in [-0.05, 0) is 53.6 Å². The summed E-state index contributed by atoms with van der Waals surface area (Å²) in [5, 5.41) is 2.88. The van der Waals surface area contributed by atoms with E-state index in [1.807, 2.05) is 12.1 Å². The standard InChI is InChI=1S/C22H18FNO3/c23-18-4-1-3-15(11-18)14-27-20-6-2-5-19(13-20)24-22(25)17-7-8-21-16(12-17)9-10-26-21/h1-8,11-13H,9-10,14H2,(H,24,25). The van der Waals surface area contributed by atoms with Gasteiger partial charge in [-0.15, -0.1) is 0 Å². The van der Waals surface area contributed by atoms with E-state index >= 15 is 0 Å². The van der Waals surface area contributed by atoms with Crippen LogP contribution >= 0.6 is 0 Å². The predicted molar refractivity (Wildman–Crippen MR) is 101 cm³/mol. The molecular formula is C22H18FNO3. The Balaban J connectivity index is 1.42. The molecule has 0 fully saturated rings. The Hall–Kier alpha value is -3.34. The minimum absolute atomic E-state index is 0.188. The molecule has 4 nitrogen and oxygen atoms in total. The molecule has 3 aromatic carbocycles. The molecule has 0 saturated carbocycles. The third-order valence-corrected chi connectivity index (χ3v) is 4.34. The molecule has 0 saturated heterocycles. The Bertz CT molecular complexity index is 987. The lowest BCUT2D eigenvalue weighted by Gasteiger charge is -2.10. The summed E-state index contributed by atoms with van der Waals surface area (Å²) in [6.45, 7) is 0.908. The fourth-order valence-corrected chi connectivity index (χ4v) is 2.99. The van der Waals surface area contributed by atoms with E-state index in [4.69, 9.17) is 9.47 Å². The van der Waals surface area contributed by atoms with Crippen LogP contribution in [0.4, 0.5) is 10.1 Å². The first-order chi connectivity index (χ1) is 13.2. The van der Waals surface area contributed by atoms with Gasteiger partial charge in [-0.3, -0.25) is 4.79 Å². The Morgan fingerprint density at radius 1 is 1.07 bits per heavy atom. The van der Waals surface area contributed by atoms with Gasteiger partial charge < -0.3 is 14.8 Å². The van der Waals surface area contributed by atoms with Crippen LogP contribution in [0.15, 0.2) is 66.7 Å². The highest BCUT2D eigenvalue weighted by atomic mass is 19.1. The predicted octanol–water partition coefficient (Wildman–Crippen LogP) is 4.59. The fraction of sp³-hybridized carbons (Fsp3) is 0.136. The summed E-state index contributed by atoms with van der Waals surface area (Å²) in [7, 11) is 0. The maximum absolute atomic E-state index is 13.2. The smallest absolute Gasteiger partial charge is 0.255 e. The van der Waals surface area contributed by atoms with Crippen molar-refractivity contribution in [2.45, 2.75) is 13.0 Å². The highest BCUT2D eigenvalue weighted by Crippen LogP contribution is 2.26. The summed E-state index contributed by atoms with van der Waals surface area (Å²) in [6.07, 6.45) is 0.819. The SMILES string of the molecule is O=C(Nc1cccc(OCc2cccc(F)c2)c1)c1ccc2c(c1)CCO2. The van der Waals surface area contributed by atoms with Gasteiger partial charge >= 0.3 is 0 Å². The molecule has 1 heterocycles. The molecule has 0 radical (unpaired) electrons. The molecule has 5 heteroatoms. The van der Waals surface area contributed by atoms with Crippen molar-refractivity contribution in [3.05, 3.63) is 89.2 Å². The zero-order valence-electron chi connectivity index (χ0n) is 14.6. The van der Waals surface area contributed by atoms with Crippen molar-refractivity contribution in [1.82, 2.24) is 0 Å². The van der Waals surface area contributed by atoms with E-state index in [2.05, 4.69) is 5.32 Å². The first-order valence-corrected chi connectivity index (χ1v) is 8.72. The van der Waals surface area contributed by atoms with Crippen LogP contribution in [0.5, 0.6) is 11.5 Å². The van der Waals surface area contributed by atoms with Crippen molar-refractivity contribution < 1.29 is 18.7 Å². The average Bonchev–Trinajstić information content (AvgIpc) is 3.14. The molecule has 0 spiro atoms. The molecule has 27 heavy (non-hydrogen) atoms. The zero-order chi connectivity index (χ0) is 18.6. The van der Waals surface area contributed by atoms with Gasteiger partial charge in [0.05, 0.1) is 6.61 Å². The van der Waals surface area contributed by atoms with E-state index in [1.54, 1.807) is 42.5 Å². The molecule has 1 aliphatic rings. The van der Waals surface area contributed by atoms with Crippen LogP contribution in [-0.4, -0.2) is 12.5 Å². The maximum Gasteiger partial charge on any atom is 0.255 e. The summed E-state index contributed by atoms with van der Waals surface area (Å²) in [6, 6.07) is 18.8. The quantitative estimate of drug-likeness (QED) is 0.721. The average molecular weight is 363 g/mol. The summed E-state index contributed by atoms with van der Waals surface area (Å²) >= 11 is 0. The van der Waals surface area contributed by atoms with Crippen LogP contribution in [-0.2, 0) is 13.0 Å². The number of carbonyl (C=O) groups is 1. The lowest BCUT2D eigenvalue weighted by Crippen LogP contribution is -2.12. The van der Waals surface area contributed by atoms with Crippen molar-refractivity contribution in [2.24, 2.45) is 0 Å². The number of hydrogen-bond acceptors (Lipinski definition) is 3. The number of anilines is 1. The summed E-state index contributed by atoms with van der Waals surface area (Å²) in [4.78, 5) is 12.5. The molecule has 0 aromatic heterocycles. The largest absolute Gasteiger partial charge is 0.493 e. The van der Waals surface area contributed by atoms with Gasteiger partial charge in [0.15, 0.2) is 0 Å². The topological polar surface area (TPSA) is 47.6 Å². The number of benzene rings is 3. The third kappa shape index (κ3) is 4.08. The van der Waals surface area contributed by atoms with E-state index in [0.29, 0.717) is 23.6 Å².